The van der Waals surface area contributed by atoms with E-state index < -0.39 is 0 Å². The minimum absolute atomic E-state index is 0.0556. The molecule has 7 heteroatoms. The largest absolute Gasteiger partial charge is 0.507 e. The quantitative estimate of drug-likeness (QED) is 0.310. The molecule has 0 aromatic heterocycles. The number of phenolic OH excluding ortho intramolecular Hbond substituents is 1. The number of nitrogens with one attached hydrogen (secondary N) is 2. The van der Waals surface area contributed by atoms with Crippen LogP contribution in [-0.2, 0) is 11.2 Å². The van der Waals surface area contributed by atoms with Crippen molar-refractivity contribution in [3.8, 4) is 5.75 Å². The molecule has 136 valence electrons. The zero-order valence-corrected chi connectivity index (χ0v) is 17.4. The van der Waals surface area contributed by atoms with Crippen LogP contribution in [0.1, 0.15) is 16.7 Å². The fraction of sp³-hybridized carbons (Fsp3) is 0.158. The van der Waals surface area contributed by atoms with Gasteiger partial charge in [-0.15, -0.1) is 6.58 Å². The molecule has 0 saturated heterocycles. The summed E-state index contributed by atoms with van der Waals surface area (Å²) in [6.07, 6.45) is 3.69. The third-order valence-corrected chi connectivity index (χ3v) is 4.77. The number of carbonyl (C=O) groups is 1. The maximum absolute atomic E-state index is 12.0. The molecule has 0 fully saturated rings. The molecule has 0 aliphatic rings. The highest BCUT2D eigenvalue weighted by Crippen LogP contribution is 2.32. The van der Waals surface area contributed by atoms with Gasteiger partial charge in [0.25, 0.3) is 5.91 Å². The van der Waals surface area contributed by atoms with Crippen molar-refractivity contribution in [1.82, 2.24) is 5.43 Å². The molecule has 0 spiro atoms. The van der Waals surface area contributed by atoms with Crippen molar-refractivity contribution >= 4 is 49.7 Å². The summed E-state index contributed by atoms with van der Waals surface area (Å²) in [6, 6.07) is 9.27. The number of allylic oxidation sites excluding steroid dienone is 1. The van der Waals surface area contributed by atoms with Gasteiger partial charge in [0, 0.05) is 14.5 Å². The van der Waals surface area contributed by atoms with Crippen LogP contribution in [0.25, 0.3) is 0 Å². The molecule has 3 N–H and O–H groups in total. The highest BCUT2D eigenvalue weighted by Gasteiger charge is 2.08. The van der Waals surface area contributed by atoms with Gasteiger partial charge in [0.05, 0.1) is 18.4 Å². The number of rotatable bonds is 7. The number of aryl methyl sites for hydroxylation is 1. The zero-order chi connectivity index (χ0) is 19.1. The molecule has 0 unspecified atom stereocenters. The number of hydrazone groups is 1. The molecule has 0 saturated carbocycles. The smallest absolute Gasteiger partial charge is 0.259 e. The van der Waals surface area contributed by atoms with E-state index in [-0.39, 0.29) is 18.2 Å². The maximum Gasteiger partial charge on any atom is 0.259 e. The number of halogens is 2. The van der Waals surface area contributed by atoms with Crippen molar-refractivity contribution in [2.75, 3.05) is 11.9 Å². The van der Waals surface area contributed by atoms with Crippen LogP contribution in [0.4, 0.5) is 5.69 Å². The van der Waals surface area contributed by atoms with E-state index in [2.05, 4.69) is 54.3 Å². The Morgan fingerprint density at radius 1 is 1.31 bits per heavy atom. The van der Waals surface area contributed by atoms with E-state index in [1.807, 2.05) is 31.2 Å². The van der Waals surface area contributed by atoms with Crippen LogP contribution in [0.3, 0.4) is 0 Å². The predicted molar refractivity (Wildman–Crippen MR) is 113 cm³/mol. The molecule has 0 bridgehead atoms. The topological polar surface area (TPSA) is 73.7 Å². The van der Waals surface area contributed by atoms with Gasteiger partial charge in [-0.05, 0) is 74.5 Å². The molecular weight excluding hydrogens is 462 g/mol. The highest BCUT2D eigenvalue weighted by atomic mass is 79.9. The second-order valence-electron chi connectivity index (χ2n) is 5.60. The van der Waals surface area contributed by atoms with E-state index in [1.54, 1.807) is 12.1 Å². The number of amides is 1. The molecule has 0 aliphatic heterocycles. The Kier molecular flexibility index (Phi) is 7.41. The van der Waals surface area contributed by atoms with Crippen molar-refractivity contribution in [3.05, 3.63) is 68.6 Å². The summed E-state index contributed by atoms with van der Waals surface area (Å²) in [5, 5.41) is 17.1. The van der Waals surface area contributed by atoms with Gasteiger partial charge in [0.1, 0.15) is 5.75 Å². The number of aromatic hydroxyl groups is 1. The summed E-state index contributed by atoms with van der Waals surface area (Å²) in [4.78, 5) is 12.0. The summed E-state index contributed by atoms with van der Waals surface area (Å²) < 4.78 is 1.73. The highest BCUT2D eigenvalue weighted by molar-refractivity contribution is 9.11. The third kappa shape index (κ3) is 5.44. The molecular formula is C19H19Br2N3O2. The van der Waals surface area contributed by atoms with Gasteiger partial charge in [0.15, 0.2) is 0 Å². The minimum Gasteiger partial charge on any atom is -0.507 e. The lowest BCUT2D eigenvalue weighted by Crippen LogP contribution is -2.26. The second kappa shape index (κ2) is 9.54. The first-order valence-corrected chi connectivity index (χ1v) is 9.44. The van der Waals surface area contributed by atoms with Crippen LogP contribution in [0, 0.1) is 6.92 Å². The van der Waals surface area contributed by atoms with Crippen molar-refractivity contribution in [3.63, 3.8) is 0 Å². The standard InChI is InChI=1S/C19H19Br2N3O2/c1-3-5-13-6-4-7-14(19(13)26)10-23-24-17(25)11-22-18-15(20)8-12(2)9-16(18)21/h3-4,6-10,22,26H,1,5,11H2,2H3,(H,24,25). The molecule has 1 amide bonds. The maximum atomic E-state index is 12.0. The lowest BCUT2D eigenvalue weighted by Gasteiger charge is -2.11. The first kappa shape index (κ1) is 20.2. The first-order valence-electron chi connectivity index (χ1n) is 7.85. The number of hydrogen-bond acceptors (Lipinski definition) is 4. The Hall–Kier alpha value is -2.12. The Morgan fingerprint density at radius 2 is 2.00 bits per heavy atom. The van der Waals surface area contributed by atoms with E-state index in [0.29, 0.717) is 12.0 Å². The molecule has 2 aromatic carbocycles. The molecule has 5 nitrogen and oxygen atoms in total. The second-order valence-corrected chi connectivity index (χ2v) is 7.31. The predicted octanol–water partition coefficient (Wildman–Crippen LogP) is 4.52. The average Bonchev–Trinajstić information content (AvgIpc) is 2.57. The Balaban J connectivity index is 1.94. The van der Waals surface area contributed by atoms with Crippen LogP contribution in [-0.4, -0.2) is 23.8 Å². The summed E-state index contributed by atoms with van der Waals surface area (Å²) in [5.74, 6) is -0.168. The van der Waals surface area contributed by atoms with E-state index in [0.717, 1.165) is 25.8 Å². The van der Waals surface area contributed by atoms with Gasteiger partial charge in [-0.1, -0.05) is 18.2 Å². The number of para-hydroxylation sites is 1. The van der Waals surface area contributed by atoms with E-state index >= 15 is 0 Å². The van der Waals surface area contributed by atoms with Crippen molar-refractivity contribution in [2.24, 2.45) is 5.10 Å². The third-order valence-electron chi connectivity index (χ3n) is 3.52. The number of anilines is 1. The lowest BCUT2D eigenvalue weighted by molar-refractivity contribution is -0.119. The van der Waals surface area contributed by atoms with Gasteiger partial charge < -0.3 is 10.4 Å². The van der Waals surface area contributed by atoms with Gasteiger partial charge >= 0.3 is 0 Å². The summed E-state index contributed by atoms with van der Waals surface area (Å²) in [5.41, 5.74) is 5.62. The van der Waals surface area contributed by atoms with Crippen molar-refractivity contribution in [1.29, 1.82) is 0 Å². The van der Waals surface area contributed by atoms with Crippen LogP contribution in [0.2, 0.25) is 0 Å². The number of hydrogen-bond donors (Lipinski definition) is 3. The zero-order valence-electron chi connectivity index (χ0n) is 14.2. The van der Waals surface area contributed by atoms with Gasteiger partial charge in [0.2, 0.25) is 0 Å². The summed E-state index contributed by atoms with van der Waals surface area (Å²) in [7, 11) is 0. The summed E-state index contributed by atoms with van der Waals surface area (Å²) in [6.45, 7) is 5.70. The first-order chi connectivity index (χ1) is 12.4. The van der Waals surface area contributed by atoms with Gasteiger partial charge in [-0.3, -0.25) is 4.79 Å². The average molecular weight is 481 g/mol. The van der Waals surface area contributed by atoms with E-state index in [1.165, 1.54) is 6.21 Å². The molecule has 0 radical (unpaired) electrons. The SMILES string of the molecule is C=CCc1cccc(C=NNC(=O)CNc2c(Br)cc(C)cc2Br)c1O. The number of benzene rings is 2. The normalized spacial score (nSPS) is 10.7. The van der Waals surface area contributed by atoms with Crippen molar-refractivity contribution in [2.45, 2.75) is 13.3 Å². The Morgan fingerprint density at radius 3 is 2.65 bits per heavy atom. The molecule has 2 aromatic rings. The number of phenols is 1. The molecule has 0 heterocycles. The van der Waals surface area contributed by atoms with Gasteiger partial charge in [-0.25, -0.2) is 5.43 Å². The van der Waals surface area contributed by atoms with Crippen LogP contribution < -0.4 is 10.7 Å². The van der Waals surface area contributed by atoms with Crippen LogP contribution in [0.5, 0.6) is 5.75 Å². The fourth-order valence-electron chi connectivity index (χ4n) is 2.29. The molecule has 0 atom stereocenters. The number of carbonyl (C=O) groups excluding carboxylic acids is 1. The lowest BCUT2D eigenvalue weighted by atomic mass is 10.1. The fourth-order valence-corrected chi connectivity index (χ4v) is 3.98. The van der Waals surface area contributed by atoms with Crippen molar-refractivity contribution < 1.29 is 9.90 Å². The number of nitrogens with zero attached hydrogens (tertiary/aromatic N) is 1. The van der Waals surface area contributed by atoms with E-state index in [4.69, 9.17) is 0 Å². The monoisotopic (exact) mass is 479 g/mol. The molecule has 0 aliphatic carbocycles. The minimum atomic E-state index is -0.303. The molecule has 2 rings (SSSR count). The van der Waals surface area contributed by atoms with E-state index in [9.17, 15) is 9.90 Å². The van der Waals surface area contributed by atoms with Crippen LogP contribution >= 0.6 is 31.9 Å². The Bertz CT molecular complexity index is 828. The van der Waals surface area contributed by atoms with Gasteiger partial charge in [-0.2, -0.15) is 5.10 Å². The Labute approximate surface area is 169 Å². The van der Waals surface area contributed by atoms with Crippen LogP contribution in [0.15, 0.2) is 57.0 Å². The summed E-state index contributed by atoms with van der Waals surface area (Å²) >= 11 is 6.94. The molecule has 26 heavy (non-hydrogen) atoms.